The summed E-state index contributed by atoms with van der Waals surface area (Å²) < 4.78 is 6.24. The Bertz CT molecular complexity index is 540. The molecule has 0 aliphatic heterocycles. The van der Waals surface area contributed by atoms with Gasteiger partial charge in [-0.1, -0.05) is 18.2 Å². The molecule has 0 unspecified atom stereocenters. The van der Waals surface area contributed by atoms with E-state index >= 15 is 0 Å². The van der Waals surface area contributed by atoms with Gasteiger partial charge in [0.05, 0.1) is 5.56 Å². The lowest BCUT2D eigenvalue weighted by Crippen LogP contribution is -1.92. The molecule has 0 aliphatic rings. The maximum atomic E-state index is 11.2. The minimum atomic E-state index is -0.518. The van der Waals surface area contributed by atoms with Crippen molar-refractivity contribution in [3.8, 4) is 11.5 Å². The molecule has 0 fully saturated rings. The summed E-state index contributed by atoms with van der Waals surface area (Å²) >= 11 is 8.71. The van der Waals surface area contributed by atoms with E-state index in [1.165, 1.54) is 0 Å². The van der Waals surface area contributed by atoms with Gasteiger partial charge in [0.25, 0.3) is 5.24 Å². The Kier molecular flexibility index (Phi) is 3.82. The van der Waals surface area contributed by atoms with E-state index in [1.54, 1.807) is 18.2 Å². The van der Waals surface area contributed by atoms with Crippen molar-refractivity contribution in [1.82, 2.24) is 0 Å². The van der Waals surface area contributed by atoms with Gasteiger partial charge in [-0.3, -0.25) is 4.79 Å². The normalized spacial score (nSPS) is 10.0. The molecule has 2 aromatic carbocycles. The Balaban J connectivity index is 2.29. The van der Waals surface area contributed by atoms with E-state index in [1.807, 2.05) is 30.3 Å². The summed E-state index contributed by atoms with van der Waals surface area (Å²) in [6.45, 7) is 0. The third-order valence-electron chi connectivity index (χ3n) is 2.13. The summed E-state index contributed by atoms with van der Waals surface area (Å²) in [5, 5.41) is -0.518. The second-order valence-electron chi connectivity index (χ2n) is 3.33. The van der Waals surface area contributed by atoms with E-state index in [4.69, 9.17) is 16.3 Å². The molecule has 4 heteroatoms. The summed E-state index contributed by atoms with van der Waals surface area (Å²) in [7, 11) is 0. The highest BCUT2D eigenvalue weighted by molar-refractivity contribution is 9.10. The minimum absolute atomic E-state index is 0.389. The Morgan fingerprint density at radius 3 is 2.41 bits per heavy atom. The van der Waals surface area contributed by atoms with Gasteiger partial charge in [0, 0.05) is 4.47 Å². The molecular formula is C13H8BrClO2. The number of hydrogen-bond donors (Lipinski definition) is 0. The first-order valence-electron chi connectivity index (χ1n) is 4.89. The van der Waals surface area contributed by atoms with Crippen LogP contribution < -0.4 is 4.74 Å². The Labute approximate surface area is 112 Å². The van der Waals surface area contributed by atoms with Gasteiger partial charge in [0.1, 0.15) is 11.5 Å². The molecule has 0 radical (unpaired) electrons. The van der Waals surface area contributed by atoms with Gasteiger partial charge in [-0.25, -0.2) is 0 Å². The summed E-state index contributed by atoms with van der Waals surface area (Å²) in [6, 6.07) is 14.4. The van der Waals surface area contributed by atoms with Crippen molar-refractivity contribution in [1.29, 1.82) is 0 Å². The van der Waals surface area contributed by atoms with Crippen LogP contribution in [0, 0.1) is 0 Å². The highest BCUT2D eigenvalue weighted by atomic mass is 79.9. The van der Waals surface area contributed by atoms with Crippen molar-refractivity contribution < 1.29 is 9.53 Å². The average Bonchev–Trinajstić information content (AvgIpc) is 2.32. The number of carbonyl (C=O) groups excluding carboxylic acids is 1. The third-order valence-corrected chi connectivity index (χ3v) is 3.02. The van der Waals surface area contributed by atoms with E-state index in [9.17, 15) is 4.79 Å². The first-order valence-corrected chi connectivity index (χ1v) is 6.06. The fourth-order valence-electron chi connectivity index (χ4n) is 1.34. The van der Waals surface area contributed by atoms with Gasteiger partial charge in [-0.05, 0) is 57.9 Å². The van der Waals surface area contributed by atoms with Crippen molar-refractivity contribution in [2.75, 3.05) is 0 Å². The largest absolute Gasteiger partial charge is 0.457 e. The highest BCUT2D eigenvalue weighted by Gasteiger charge is 2.09. The van der Waals surface area contributed by atoms with Crippen molar-refractivity contribution >= 4 is 32.8 Å². The van der Waals surface area contributed by atoms with Gasteiger partial charge < -0.3 is 4.74 Å². The van der Waals surface area contributed by atoms with Crippen LogP contribution in [0.3, 0.4) is 0 Å². The quantitative estimate of drug-likeness (QED) is 0.773. The topological polar surface area (TPSA) is 26.3 Å². The Morgan fingerprint density at radius 1 is 1.06 bits per heavy atom. The van der Waals surface area contributed by atoms with Crippen molar-refractivity contribution in [2.45, 2.75) is 0 Å². The van der Waals surface area contributed by atoms with Crippen LogP contribution >= 0.6 is 27.5 Å². The lowest BCUT2D eigenvalue weighted by Gasteiger charge is -2.07. The van der Waals surface area contributed by atoms with Gasteiger partial charge in [0.2, 0.25) is 0 Å². The number of hydrogen-bond acceptors (Lipinski definition) is 2. The number of halogens is 2. The SMILES string of the molecule is O=C(Cl)c1cc(Oc2ccccc2)ccc1Br. The van der Waals surface area contributed by atoms with Crippen LogP contribution in [-0.4, -0.2) is 5.24 Å². The van der Waals surface area contributed by atoms with Crippen molar-refractivity contribution in [2.24, 2.45) is 0 Å². The second-order valence-corrected chi connectivity index (χ2v) is 4.53. The molecule has 86 valence electrons. The molecule has 0 aliphatic carbocycles. The Morgan fingerprint density at radius 2 is 1.76 bits per heavy atom. The zero-order valence-electron chi connectivity index (χ0n) is 8.69. The molecule has 0 atom stereocenters. The van der Waals surface area contributed by atoms with Gasteiger partial charge in [-0.2, -0.15) is 0 Å². The summed E-state index contributed by atoms with van der Waals surface area (Å²) in [5.74, 6) is 1.28. The van der Waals surface area contributed by atoms with Crippen LogP contribution in [0.4, 0.5) is 0 Å². The first kappa shape index (κ1) is 12.1. The van der Waals surface area contributed by atoms with E-state index in [0.29, 0.717) is 21.5 Å². The molecule has 2 rings (SSSR count). The van der Waals surface area contributed by atoms with Crippen LogP contribution in [0.2, 0.25) is 0 Å². The van der Waals surface area contributed by atoms with Crippen molar-refractivity contribution in [3.63, 3.8) is 0 Å². The molecule has 0 N–H and O–H groups in total. The van der Waals surface area contributed by atoms with Crippen LogP contribution in [0.5, 0.6) is 11.5 Å². The molecule has 0 heterocycles. The van der Waals surface area contributed by atoms with Gasteiger partial charge >= 0.3 is 0 Å². The number of benzene rings is 2. The highest BCUT2D eigenvalue weighted by Crippen LogP contribution is 2.27. The number of ether oxygens (including phenoxy) is 1. The smallest absolute Gasteiger partial charge is 0.253 e. The maximum absolute atomic E-state index is 11.2. The molecule has 0 spiro atoms. The third kappa shape index (κ3) is 3.08. The van der Waals surface area contributed by atoms with Gasteiger partial charge in [0.15, 0.2) is 0 Å². The molecule has 0 saturated carbocycles. The molecule has 0 amide bonds. The monoisotopic (exact) mass is 310 g/mol. The molecule has 2 aromatic rings. The summed E-state index contributed by atoms with van der Waals surface area (Å²) in [6.07, 6.45) is 0. The van der Waals surface area contributed by atoms with Crippen LogP contribution in [0.1, 0.15) is 10.4 Å². The van der Waals surface area contributed by atoms with Crippen molar-refractivity contribution in [3.05, 3.63) is 58.6 Å². The number of rotatable bonds is 3. The molecule has 2 nitrogen and oxygen atoms in total. The average molecular weight is 312 g/mol. The fourth-order valence-corrected chi connectivity index (χ4v) is 2.04. The minimum Gasteiger partial charge on any atom is -0.457 e. The fraction of sp³-hybridized carbons (Fsp3) is 0. The molecule has 17 heavy (non-hydrogen) atoms. The van der Waals surface area contributed by atoms with E-state index in [0.717, 1.165) is 0 Å². The van der Waals surface area contributed by atoms with E-state index in [-0.39, 0.29) is 0 Å². The van der Waals surface area contributed by atoms with E-state index < -0.39 is 5.24 Å². The number of para-hydroxylation sites is 1. The second kappa shape index (κ2) is 5.34. The molecular weight excluding hydrogens is 303 g/mol. The van der Waals surface area contributed by atoms with Crippen LogP contribution in [-0.2, 0) is 0 Å². The van der Waals surface area contributed by atoms with E-state index in [2.05, 4.69) is 15.9 Å². The lowest BCUT2D eigenvalue weighted by molar-refractivity contribution is 0.108. The Hall–Kier alpha value is -1.32. The first-order chi connectivity index (χ1) is 8.16. The van der Waals surface area contributed by atoms with Gasteiger partial charge in [-0.15, -0.1) is 0 Å². The maximum Gasteiger partial charge on any atom is 0.253 e. The predicted molar refractivity (Wildman–Crippen MR) is 70.8 cm³/mol. The van der Waals surface area contributed by atoms with Crippen LogP contribution in [0.25, 0.3) is 0 Å². The number of carbonyl (C=O) groups is 1. The standard InChI is InChI=1S/C13H8BrClO2/c14-12-7-6-10(8-11(12)13(15)16)17-9-4-2-1-3-5-9/h1-8H. The zero-order chi connectivity index (χ0) is 12.3. The molecule has 0 saturated heterocycles. The lowest BCUT2D eigenvalue weighted by atomic mass is 10.2. The predicted octanol–water partition coefficient (Wildman–Crippen LogP) is 4.62. The summed E-state index contributed by atoms with van der Waals surface area (Å²) in [5.41, 5.74) is 0.389. The van der Waals surface area contributed by atoms with Crippen LogP contribution in [0.15, 0.2) is 53.0 Å². The zero-order valence-corrected chi connectivity index (χ0v) is 11.0. The molecule has 0 aromatic heterocycles. The summed E-state index contributed by atoms with van der Waals surface area (Å²) in [4.78, 5) is 11.2. The molecule has 0 bridgehead atoms.